The maximum atomic E-state index is 5.79. The molecule has 0 atom stereocenters. The Bertz CT molecular complexity index is 339. The highest BCUT2D eigenvalue weighted by atomic mass is 79.9. The van der Waals surface area contributed by atoms with Gasteiger partial charge in [-0.15, -0.1) is 0 Å². The van der Waals surface area contributed by atoms with Gasteiger partial charge in [0.05, 0.1) is 13.2 Å². The van der Waals surface area contributed by atoms with Crippen LogP contribution in [0.2, 0.25) is 0 Å². The molecule has 1 saturated carbocycles. The van der Waals surface area contributed by atoms with Crippen LogP contribution in [-0.4, -0.2) is 13.2 Å². The first-order valence-electron chi connectivity index (χ1n) is 5.00. The monoisotopic (exact) mass is 271 g/mol. The smallest absolute Gasteiger partial charge is 0.124 e. The van der Waals surface area contributed by atoms with Gasteiger partial charge < -0.3 is 9.57 Å². The summed E-state index contributed by atoms with van der Waals surface area (Å²) in [6.45, 7) is 0.651. The highest BCUT2D eigenvalue weighted by Gasteiger charge is 2.24. The van der Waals surface area contributed by atoms with Crippen molar-refractivity contribution in [2.45, 2.75) is 25.5 Å². The lowest BCUT2D eigenvalue weighted by atomic mass is 10.2. The third kappa shape index (κ3) is 3.19. The van der Waals surface area contributed by atoms with E-state index in [4.69, 9.17) is 9.57 Å². The standard InChI is InChI=1S/C11H14BrNO2/c1-14-13-7-8-6-9(12)2-5-11(8)15-10-3-4-10/h2,5-6,10,13H,3-4,7H2,1H3. The minimum atomic E-state index is 0.424. The molecule has 3 nitrogen and oxygen atoms in total. The van der Waals surface area contributed by atoms with Gasteiger partial charge in [0.2, 0.25) is 0 Å². The van der Waals surface area contributed by atoms with E-state index < -0.39 is 0 Å². The van der Waals surface area contributed by atoms with Crippen LogP contribution in [0.3, 0.4) is 0 Å². The fourth-order valence-corrected chi connectivity index (χ4v) is 1.73. The number of rotatable bonds is 5. The molecule has 15 heavy (non-hydrogen) atoms. The van der Waals surface area contributed by atoms with Gasteiger partial charge in [0, 0.05) is 16.6 Å². The normalized spacial score (nSPS) is 15.3. The van der Waals surface area contributed by atoms with Crippen molar-refractivity contribution >= 4 is 15.9 Å². The van der Waals surface area contributed by atoms with E-state index in [1.807, 2.05) is 18.2 Å². The fourth-order valence-electron chi connectivity index (χ4n) is 1.32. The van der Waals surface area contributed by atoms with Crippen LogP contribution in [0.1, 0.15) is 18.4 Å². The summed E-state index contributed by atoms with van der Waals surface area (Å²) >= 11 is 3.45. The van der Waals surface area contributed by atoms with E-state index in [1.165, 1.54) is 12.8 Å². The SMILES string of the molecule is CONCc1cc(Br)ccc1OC1CC1. The molecule has 0 bridgehead atoms. The molecule has 0 spiro atoms. The summed E-state index contributed by atoms with van der Waals surface area (Å²) in [5.74, 6) is 0.949. The molecule has 1 fully saturated rings. The third-order valence-corrected chi connectivity index (χ3v) is 2.74. The summed E-state index contributed by atoms with van der Waals surface area (Å²) in [5, 5.41) is 0. The van der Waals surface area contributed by atoms with Crippen molar-refractivity contribution in [2.24, 2.45) is 0 Å². The molecule has 0 aromatic heterocycles. The second kappa shape index (κ2) is 4.96. The molecule has 2 rings (SSSR count). The molecule has 0 amide bonds. The van der Waals surface area contributed by atoms with Crippen LogP contribution in [0.5, 0.6) is 5.75 Å². The van der Waals surface area contributed by atoms with Crippen molar-refractivity contribution in [2.75, 3.05) is 7.11 Å². The summed E-state index contributed by atoms with van der Waals surface area (Å²) in [6, 6.07) is 6.03. The molecule has 0 heterocycles. The maximum absolute atomic E-state index is 5.79. The van der Waals surface area contributed by atoms with E-state index >= 15 is 0 Å². The van der Waals surface area contributed by atoms with Gasteiger partial charge in [-0.25, -0.2) is 0 Å². The van der Waals surface area contributed by atoms with Gasteiger partial charge in [0.15, 0.2) is 0 Å². The molecule has 1 N–H and O–H groups in total. The number of nitrogens with one attached hydrogen (secondary N) is 1. The van der Waals surface area contributed by atoms with Crippen molar-refractivity contribution in [1.82, 2.24) is 5.48 Å². The van der Waals surface area contributed by atoms with Crippen LogP contribution < -0.4 is 10.2 Å². The van der Waals surface area contributed by atoms with Crippen molar-refractivity contribution in [3.05, 3.63) is 28.2 Å². The Morgan fingerprint density at radius 2 is 2.27 bits per heavy atom. The molecule has 1 aromatic carbocycles. The fraction of sp³-hybridized carbons (Fsp3) is 0.455. The Hall–Kier alpha value is -0.580. The van der Waals surface area contributed by atoms with Gasteiger partial charge in [-0.3, -0.25) is 0 Å². The molecule has 1 aliphatic carbocycles. The molecule has 0 saturated heterocycles. The summed E-state index contributed by atoms with van der Waals surface area (Å²) < 4.78 is 6.85. The molecule has 1 aromatic rings. The topological polar surface area (TPSA) is 30.5 Å². The molecule has 0 radical (unpaired) electrons. The van der Waals surface area contributed by atoms with Crippen molar-refractivity contribution in [1.29, 1.82) is 0 Å². The van der Waals surface area contributed by atoms with Crippen LogP contribution in [0, 0.1) is 0 Å². The minimum absolute atomic E-state index is 0.424. The lowest BCUT2D eigenvalue weighted by Gasteiger charge is -2.11. The molecular weight excluding hydrogens is 258 g/mol. The van der Waals surface area contributed by atoms with Gasteiger partial charge >= 0.3 is 0 Å². The Morgan fingerprint density at radius 3 is 2.93 bits per heavy atom. The molecule has 0 unspecified atom stereocenters. The maximum Gasteiger partial charge on any atom is 0.124 e. The molecule has 1 aliphatic rings. The van der Waals surface area contributed by atoms with Crippen LogP contribution in [-0.2, 0) is 11.4 Å². The van der Waals surface area contributed by atoms with E-state index in [2.05, 4.69) is 21.4 Å². The first-order valence-corrected chi connectivity index (χ1v) is 5.80. The molecule has 82 valence electrons. The number of hydrogen-bond donors (Lipinski definition) is 1. The summed E-state index contributed by atoms with van der Waals surface area (Å²) in [7, 11) is 1.61. The number of ether oxygens (including phenoxy) is 1. The van der Waals surface area contributed by atoms with E-state index in [-0.39, 0.29) is 0 Å². The zero-order valence-corrected chi connectivity index (χ0v) is 10.2. The lowest BCUT2D eigenvalue weighted by molar-refractivity contribution is 0.0858. The van der Waals surface area contributed by atoms with Gasteiger partial charge in [-0.2, -0.15) is 5.48 Å². The predicted molar refractivity (Wildman–Crippen MR) is 61.6 cm³/mol. The highest BCUT2D eigenvalue weighted by molar-refractivity contribution is 9.10. The van der Waals surface area contributed by atoms with Crippen molar-refractivity contribution in [3.8, 4) is 5.75 Å². The minimum Gasteiger partial charge on any atom is -0.490 e. The second-order valence-electron chi connectivity index (χ2n) is 3.59. The number of hydroxylamine groups is 1. The van der Waals surface area contributed by atoms with E-state index in [0.717, 1.165) is 15.8 Å². The zero-order chi connectivity index (χ0) is 10.7. The average molecular weight is 272 g/mol. The molecular formula is C11H14BrNO2. The first-order chi connectivity index (χ1) is 7.29. The first kappa shape index (κ1) is 10.9. The summed E-state index contributed by atoms with van der Waals surface area (Å²) in [5.41, 5.74) is 3.93. The zero-order valence-electron chi connectivity index (χ0n) is 8.63. The van der Waals surface area contributed by atoms with Crippen molar-refractivity contribution in [3.63, 3.8) is 0 Å². The summed E-state index contributed by atoms with van der Waals surface area (Å²) in [6.07, 6.45) is 2.77. The Labute approximate surface area is 97.8 Å². The van der Waals surface area contributed by atoms with E-state index in [0.29, 0.717) is 12.6 Å². The van der Waals surface area contributed by atoms with E-state index in [9.17, 15) is 0 Å². The number of hydrogen-bond acceptors (Lipinski definition) is 3. The molecule has 0 aliphatic heterocycles. The second-order valence-corrected chi connectivity index (χ2v) is 4.51. The Kier molecular flexibility index (Phi) is 3.61. The highest BCUT2D eigenvalue weighted by Crippen LogP contribution is 2.30. The Balaban J connectivity index is 2.10. The van der Waals surface area contributed by atoms with Crippen molar-refractivity contribution < 1.29 is 9.57 Å². The van der Waals surface area contributed by atoms with Gasteiger partial charge in [0.1, 0.15) is 5.75 Å². The van der Waals surface area contributed by atoms with Crippen LogP contribution in [0.25, 0.3) is 0 Å². The van der Waals surface area contributed by atoms with Crippen LogP contribution in [0.4, 0.5) is 0 Å². The predicted octanol–water partition coefficient (Wildman–Crippen LogP) is 2.64. The van der Waals surface area contributed by atoms with Gasteiger partial charge in [-0.1, -0.05) is 15.9 Å². The summed E-state index contributed by atoms with van der Waals surface area (Å²) in [4.78, 5) is 4.84. The van der Waals surface area contributed by atoms with Crippen LogP contribution in [0.15, 0.2) is 22.7 Å². The van der Waals surface area contributed by atoms with Crippen LogP contribution >= 0.6 is 15.9 Å². The lowest BCUT2D eigenvalue weighted by Crippen LogP contribution is -2.12. The molecule has 4 heteroatoms. The number of halogens is 1. The third-order valence-electron chi connectivity index (χ3n) is 2.25. The van der Waals surface area contributed by atoms with Gasteiger partial charge in [-0.05, 0) is 31.0 Å². The number of benzene rings is 1. The quantitative estimate of drug-likeness (QED) is 0.836. The van der Waals surface area contributed by atoms with Gasteiger partial charge in [0.25, 0.3) is 0 Å². The average Bonchev–Trinajstić information content (AvgIpc) is 3.02. The largest absolute Gasteiger partial charge is 0.490 e. The Morgan fingerprint density at radius 1 is 1.47 bits per heavy atom. The van der Waals surface area contributed by atoms with E-state index in [1.54, 1.807) is 7.11 Å².